The maximum atomic E-state index is 12.2. The number of ether oxygens (including phenoxy) is 4. The third-order valence-corrected chi connectivity index (χ3v) is 3.51. The number of hydrogen-bond acceptors (Lipinski definition) is 6. The Kier molecular flexibility index (Phi) is 6.84. The van der Waals surface area contributed by atoms with Crippen LogP contribution < -0.4 is 24.4 Å². The Bertz CT molecular complexity index is 789. The molecule has 0 saturated heterocycles. The minimum Gasteiger partial charge on any atom is -0.493 e. The van der Waals surface area contributed by atoms with Crippen LogP contribution in [0.2, 0.25) is 0 Å². The highest BCUT2D eigenvalue weighted by Gasteiger charge is 2.10. The van der Waals surface area contributed by atoms with Gasteiger partial charge in [-0.2, -0.15) is 5.10 Å². The number of nitrogens with one attached hydrogen (secondary N) is 1. The molecule has 0 saturated carbocycles. The van der Waals surface area contributed by atoms with E-state index in [0.29, 0.717) is 35.2 Å². The topological polar surface area (TPSA) is 78.4 Å². The average Bonchev–Trinajstić information content (AvgIpc) is 2.68. The van der Waals surface area contributed by atoms with E-state index in [2.05, 4.69) is 10.5 Å². The number of methoxy groups -OCH3 is 3. The van der Waals surface area contributed by atoms with E-state index in [0.717, 1.165) is 5.56 Å². The van der Waals surface area contributed by atoms with Gasteiger partial charge in [0.1, 0.15) is 0 Å². The summed E-state index contributed by atoms with van der Waals surface area (Å²) in [5, 5.41) is 3.97. The predicted molar refractivity (Wildman–Crippen MR) is 98.8 cm³/mol. The Hall–Kier alpha value is -3.22. The van der Waals surface area contributed by atoms with E-state index in [-0.39, 0.29) is 5.91 Å². The molecule has 0 aliphatic rings. The summed E-state index contributed by atoms with van der Waals surface area (Å²) in [7, 11) is 4.61. The van der Waals surface area contributed by atoms with Gasteiger partial charge in [-0.25, -0.2) is 5.43 Å². The predicted octanol–water partition coefficient (Wildman–Crippen LogP) is 2.88. The van der Waals surface area contributed by atoms with E-state index < -0.39 is 0 Å². The average molecular weight is 358 g/mol. The Morgan fingerprint density at radius 3 is 2.27 bits per heavy atom. The number of rotatable bonds is 8. The van der Waals surface area contributed by atoms with Crippen LogP contribution in [0.3, 0.4) is 0 Å². The van der Waals surface area contributed by atoms with E-state index in [1.165, 1.54) is 20.4 Å². The SMILES string of the molecule is CCOc1ccc(C=NNC(=O)c2ccc(OC)c(OC)c2)cc1OC. The van der Waals surface area contributed by atoms with Crippen LogP contribution in [-0.2, 0) is 0 Å². The van der Waals surface area contributed by atoms with Crippen molar-refractivity contribution < 1.29 is 23.7 Å². The van der Waals surface area contributed by atoms with Crippen LogP contribution >= 0.6 is 0 Å². The number of carbonyl (C=O) groups is 1. The van der Waals surface area contributed by atoms with E-state index >= 15 is 0 Å². The molecular weight excluding hydrogens is 336 g/mol. The van der Waals surface area contributed by atoms with Gasteiger partial charge in [0.2, 0.25) is 0 Å². The summed E-state index contributed by atoms with van der Waals surface area (Å²) >= 11 is 0. The van der Waals surface area contributed by atoms with Gasteiger partial charge in [0.15, 0.2) is 23.0 Å². The van der Waals surface area contributed by atoms with Gasteiger partial charge in [0, 0.05) is 5.56 Å². The zero-order valence-electron chi connectivity index (χ0n) is 15.2. The van der Waals surface area contributed by atoms with Crippen molar-refractivity contribution in [2.75, 3.05) is 27.9 Å². The molecule has 2 rings (SSSR count). The van der Waals surface area contributed by atoms with E-state index in [1.807, 2.05) is 13.0 Å². The lowest BCUT2D eigenvalue weighted by atomic mass is 10.2. The van der Waals surface area contributed by atoms with Gasteiger partial charge in [-0.3, -0.25) is 4.79 Å². The van der Waals surface area contributed by atoms with Crippen molar-refractivity contribution in [2.24, 2.45) is 5.10 Å². The zero-order valence-corrected chi connectivity index (χ0v) is 15.2. The highest BCUT2D eigenvalue weighted by molar-refractivity contribution is 5.95. The van der Waals surface area contributed by atoms with Crippen molar-refractivity contribution in [1.82, 2.24) is 5.43 Å². The lowest BCUT2D eigenvalue weighted by Gasteiger charge is -2.09. The molecular formula is C19H22N2O5. The number of hydrogen-bond donors (Lipinski definition) is 1. The molecule has 1 N–H and O–H groups in total. The molecule has 26 heavy (non-hydrogen) atoms. The number of benzene rings is 2. The molecule has 0 atom stereocenters. The summed E-state index contributed by atoms with van der Waals surface area (Å²) in [6.45, 7) is 2.45. The van der Waals surface area contributed by atoms with Crippen molar-refractivity contribution in [3.05, 3.63) is 47.5 Å². The molecule has 138 valence electrons. The molecule has 0 fully saturated rings. The quantitative estimate of drug-likeness (QED) is 0.580. The second kappa shape index (κ2) is 9.31. The molecule has 0 heterocycles. The molecule has 2 aromatic carbocycles. The van der Waals surface area contributed by atoms with Crippen LogP contribution in [0, 0.1) is 0 Å². The number of nitrogens with zero attached hydrogens (tertiary/aromatic N) is 1. The Morgan fingerprint density at radius 2 is 1.62 bits per heavy atom. The first kappa shape index (κ1) is 19.1. The summed E-state index contributed by atoms with van der Waals surface area (Å²) < 4.78 is 21.1. The fourth-order valence-corrected chi connectivity index (χ4v) is 2.25. The Balaban J connectivity index is 2.07. The fourth-order valence-electron chi connectivity index (χ4n) is 2.25. The van der Waals surface area contributed by atoms with E-state index in [4.69, 9.17) is 18.9 Å². The standard InChI is InChI=1S/C19H22N2O5/c1-5-26-16-8-6-13(10-17(16)24-3)12-20-21-19(22)14-7-9-15(23-2)18(11-14)25-4/h6-12H,5H2,1-4H3,(H,21,22). The van der Waals surface area contributed by atoms with Gasteiger partial charge in [0.25, 0.3) is 5.91 Å². The smallest absolute Gasteiger partial charge is 0.271 e. The van der Waals surface area contributed by atoms with Crippen LogP contribution in [0.15, 0.2) is 41.5 Å². The molecule has 0 radical (unpaired) electrons. The highest BCUT2D eigenvalue weighted by atomic mass is 16.5. The molecule has 0 bridgehead atoms. The Morgan fingerprint density at radius 1 is 0.962 bits per heavy atom. The van der Waals surface area contributed by atoms with Crippen LogP contribution in [0.4, 0.5) is 0 Å². The second-order valence-electron chi connectivity index (χ2n) is 5.11. The largest absolute Gasteiger partial charge is 0.493 e. The monoisotopic (exact) mass is 358 g/mol. The lowest BCUT2D eigenvalue weighted by Crippen LogP contribution is -2.17. The third kappa shape index (κ3) is 4.66. The van der Waals surface area contributed by atoms with Crippen LogP contribution in [-0.4, -0.2) is 40.1 Å². The van der Waals surface area contributed by atoms with Gasteiger partial charge >= 0.3 is 0 Å². The van der Waals surface area contributed by atoms with E-state index in [1.54, 1.807) is 37.4 Å². The number of hydrazone groups is 1. The minimum absolute atomic E-state index is 0.361. The van der Waals surface area contributed by atoms with Crippen molar-refractivity contribution in [3.8, 4) is 23.0 Å². The van der Waals surface area contributed by atoms with Crippen LogP contribution in [0.25, 0.3) is 0 Å². The summed E-state index contributed by atoms with van der Waals surface area (Å²) in [5.41, 5.74) is 3.64. The molecule has 0 unspecified atom stereocenters. The van der Waals surface area contributed by atoms with Gasteiger partial charge < -0.3 is 18.9 Å². The zero-order chi connectivity index (χ0) is 18.9. The van der Waals surface area contributed by atoms with Crippen molar-refractivity contribution in [3.63, 3.8) is 0 Å². The summed E-state index contributed by atoms with van der Waals surface area (Å²) in [6, 6.07) is 10.3. The van der Waals surface area contributed by atoms with Crippen molar-refractivity contribution in [1.29, 1.82) is 0 Å². The molecule has 7 nitrogen and oxygen atoms in total. The number of amides is 1. The van der Waals surface area contributed by atoms with E-state index in [9.17, 15) is 4.79 Å². The first-order chi connectivity index (χ1) is 12.6. The van der Waals surface area contributed by atoms with Gasteiger partial charge in [-0.15, -0.1) is 0 Å². The van der Waals surface area contributed by atoms with Crippen LogP contribution in [0.5, 0.6) is 23.0 Å². The first-order valence-electron chi connectivity index (χ1n) is 7.99. The van der Waals surface area contributed by atoms with Crippen molar-refractivity contribution >= 4 is 12.1 Å². The fraction of sp³-hybridized carbons (Fsp3) is 0.263. The molecule has 0 aromatic heterocycles. The molecule has 0 aliphatic heterocycles. The molecule has 0 spiro atoms. The van der Waals surface area contributed by atoms with Gasteiger partial charge in [-0.05, 0) is 48.9 Å². The molecule has 2 aromatic rings. The maximum Gasteiger partial charge on any atom is 0.271 e. The summed E-state index contributed by atoms with van der Waals surface area (Å²) in [5.74, 6) is 1.91. The van der Waals surface area contributed by atoms with Gasteiger partial charge in [-0.1, -0.05) is 0 Å². The maximum absolute atomic E-state index is 12.2. The minimum atomic E-state index is -0.361. The van der Waals surface area contributed by atoms with Gasteiger partial charge in [0.05, 0.1) is 34.2 Å². The summed E-state index contributed by atoms with van der Waals surface area (Å²) in [4.78, 5) is 12.2. The number of carbonyl (C=O) groups excluding carboxylic acids is 1. The normalized spacial score (nSPS) is 10.5. The summed E-state index contributed by atoms with van der Waals surface area (Å²) in [6.07, 6.45) is 1.52. The Labute approximate surface area is 152 Å². The van der Waals surface area contributed by atoms with Crippen LogP contribution in [0.1, 0.15) is 22.8 Å². The first-order valence-corrected chi connectivity index (χ1v) is 7.99. The second-order valence-corrected chi connectivity index (χ2v) is 5.11. The highest BCUT2D eigenvalue weighted by Crippen LogP contribution is 2.28. The molecule has 1 amide bonds. The molecule has 7 heteroatoms. The third-order valence-electron chi connectivity index (χ3n) is 3.51. The van der Waals surface area contributed by atoms with Crippen molar-refractivity contribution in [2.45, 2.75) is 6.92 Å². The molecule has 0 aliphatic carbocycles. The lowest BCUT2D eigenvalue weighted by molar-refractivity contribution is 0.0954.